The lowest BCUT2D eigenvalue weighted by Gasteiger charge is -2.42. The number of carbonyl (C=O) groups excluding carboxylic acids is 9. The highest BCUT2D eigenvalue weighted by atomic mass is 31.2. The molecule has 49 heteroatoms. The van der Waals surface area contributed by atoms with E-state index >= 15 is 0 Å². The fraction of sp³-hybridized carbons (Fsp3) is 0.880. The molecule has 0 spiro atoms. The van der Waals surface area contributed by atoms with Gasteiger partial charge in [0, 0.05) is 118 Å². The van der Waals surface area contributed by atoms with E-state index in [1.54, 1.807) is 0 Å². The number of aliphatic hydroxyl groups excluding tert-OH is 10. The third-order valence-corrected chi connectivity index (χ3v) is 24.6. The van der Waals surface area contributed by atoms with Crippen LogP contribution in [0.3, 0.4) is 0 Å². The average molecular weight is 1840 g/mol. The fourth-order valence-electron chi connectivity index (χ4n) is 15.1. The van der Waals surface area contributed by atoms with Crippen molar-refractivity contribution in [2.24, 2.45) is 0 Å². The lowest BCUT2D eigenvalue weighted by atomic mass is 9.97. The minimum atomic E-state index is -5.44. The maximum Gasteiger partial charge on any atom is 0.268 e. The number of carbonyl (C=O) groups is 9. The second kappa shape index (κ2) is 54.5. The standard InChI is InChI=1S/C75H134N9O37P3/c1-45(2)119-122(104,105)113-43-50-34-53(37-83(50)62(96)25-10-7-16-28-77-59(93)22-13-19-31-111-74-65(80-47(4)89)71(102)68(99)56(40-86)117-74)121-124(108,109)115-44-51-35-54(38-84(51)63(97)26-11-8-17-29-78-60(94)23-14-20-32-112-75-66(81-48(5)90)72(103)69(100)57(41-87)118-75)120-123(106,107)114-42-49-33-52(91)36-82(49)61(95)24-9-6-15-27-76-58(92)21-12-18-30-110-73-64(79-46(3)88)70(101)67(98)55(39-85)116-73/h45,49-57,64-75,85-87,91,98-103H,6-44H2,1-5H3,(H,76,92)(H,77,93)(H,78,94)(H,79,88)(H,80,89)(H,81,90)(H,104,105)(H,106,107)(H,108,109)/p-3/t49-,50-,51-,52+,53+,54+,55?,56?,57?,64?,65?,66?,67?,68?,69?,70?,71?,72?,73?,74?,75?/m0/s1. The first-order valence-corrected chi connectivity index (χ1v) is 46.9. The zero-order valence-electron chi connectivity index (χ0n) is 71.0. The molecule has 6 aliphatic heterocycles. The number of rotatable bonds is 57. The number of aliphatic hydroxyl groups is 10. The molecule has 16 N–H and O–H groups in total. The number of hydrogen-bond donors (Lipinski definition) is 16. The van der Waals surface area contributed by atoms with Crippen molar-refractivity contribution in [2.75, 3.05) is 98.7 Å². The van der Waals surface area contributed by atoms with Crippen molar-refractivity contribution in [1.29, 1.82) is 0 Å². The second-order valence-electron chi connectivity index (χ2n) is 32.1. The van der Waals surface area contributed by atoms with Gasteiger partial charge in [0.2, 0.25) is 53.2 Å². The van der Waals surface area contributed by atoms with E-state index in [2.05, 4.69) is 31.9 Å². The van der Waals surface area contributed by atoms with Gasteiger partial charge in [0.05, 0.1) is 82.2 Å². The van der Waals surface area contributed by atoms with Gasteiger partial charge in [-0.1, -0.05) is 19.3 Å². The molecule has 0 radical (unpaired) electrons. The Morgan fingerprint density at radius 3 is 0.984 bits per heavy atom. The number of ether oxygens (including phenoxy) is 6. The van der Waals surface area contributed by atoms with Crippen LogP contribution in [0.2, 0.25) is 0 Å². The first-order chi connectivity index (χ1) is 58.7. The molecule has 6 heterocycles. The molecule has 0 saturated carbocycles. The van der Waals surface area contributed by atoms with E-state index in [0.29, 0.717) is 90.0 Å². The van der Waals surface area contributed by atoms with Gasteiger partial charge in [-0.05, 0) is 110 Å². The Hall–Kier alpha value is -5.08. The van der Waals surface area contributed by atoms with Gasteiger partial charge in [-0.15, -0.1) is 0 Å². The largest absolute Gasteiger partial charge is 0.756 e. The van der Waals surface area contributed by atoms with Gasteiger partial charge >= 0.3 is 0 Å². The van der Waals surface area contributed by atoms with Crippen molar-refractivity contribution in [1.82, 2.24) is 46.6 Å². The predicted molar refractivity (Wildman–Crippen MR) is 423 cm³/mol. The Labute approximate surface area is 720 Å². The zero-order valence-corrected chi connectivity index (χ0v) is 73.6. The summed E-state index contributed by atoms with van der Waals surface area (Å²) in [4.78, 5) is 159. The van der Waals surface area contributed by atoms with Crippen LogP contribution in [0.25, 0.3) is 0 Å². The van der Waals surface area contributed by atoms with E-state index in [4.69, 9.17) is 55.6 Å². The van der Waals surface area contributed by atoms with E-state index in [1.807, 2.05) is 0 Å². The van der Waals surface area contributed by atoms with Gasteiger partial charge in [0.15, 0.2) is 18.9 Å². The van der Waals surface area contributed by atoms with E-state index in [0.717, 1.165) is 0 Å². The number of nitrogens with one attached hydrogen (secondary N) is 6. The van der Waals surface area contributed by atoms with Gasteiger partial charge in [0.1, 0.15) is 73.1 Å². The van der Waals surface area contributed by atoms with Crippen LogP contribution in [0, 0.1) is 0 Å². The van der Waals surface area contributed by atoms with Crippen LogP contribution in [0.15, 0.2) is 0 Å². The third kappa shape index (κ3) is 37.4. The number of nitrogens with zero attached hydrogens (tertiary/aromatic N) is 3. The van der Waals surface area contributed by atoms with Crippen molar-refractivity contribution in [2.45, 2.75) is 323 Å². The molecule has 18 unspecified atom stereocenters. The minimum Gasteiger partial charge on any atom is -0.756 e. The molecule has 124 heavy (non-hydrogen) atoms. The Bertz CT molecular complexity index is 3460. The first-order valence-electron chi connectivity index (χ1n) is 42.6. The molecule has 24 atom stereocenters. The van der Waals surface area contributed by atoms with Gasteiger partial charge in [-0.25, -0.2) is 0 Å². The number of unbranched alkanes of at least 4 members (excludes halogenated alkanes) is 9. The van der Waals surface area contributed by atoms with E-state index in [1.165, 1.54) is 49.3 Å². The molecule has 0 aromatic heterocycles. The molecule has 716 valence electrons. The molecule has 0 aliphatic carbocycles. The van der Waals surface area contributed by atoms with Crippen LogP contribution in [-0.4, -0.2) is 352 Å². The molecular weight excluding hydrogens is 1710 g/mol. The number of hydrogen-bond acceptors (Lipinski definition) is 37. The van der Waals surface area contributed by atoms with Crippen LogP contribution in [0.1, 0.15) is 189 Å². The Morgan fingerprint density at radius 1 is 0.395 bits per heavy atom. The van der Waals surface area contributed by atoms with Gasteiger partial charge < -0.3 is 168 Å². The van der Waals surface area contributed by atoms with Crippen LogP contribution in [0.4, 0.5) is 0 Å². The summed E-state index contributed by atoms with van der Waals surface area (Å²) in [5.41, 5.74) is 0. The van der Waals surface area contributed by atoms with E-state index < -0.39 is 240 Å². The van der Waals surface area contributed by atoms with Gasteiger partial charge in [-0.2, -0.15) is 0 Å². The van der Waals surface area contributed by atoms with E-state index in [-0.39, 0.29) is 134 Å². The Balaban J connectivity index is 0.978. The van der Waals surface area contributed by atoms with Gasteiger partial charge in [0.25, 0.3) is 23.5 Å². The van der Waals surface area contributed by atoms with Crippen molar-refractivity contribution in [3.8, 4) is 0 Å². The van der Waals surface area contributed by atoms with Crippen LogP contribution in [-0.2, 0) is 112 Å². The predicted octanol–water partition coefficient (Wildman–Crippen LogP) is -4.78. The lowest BCUT2D eigenvalue weighted by molar-refractivity contribution is -0.270. The zero-order chi connectivity index (χ0) is 91.4. The third-order valence-electron chi connectivity index (χ3n) is 21.4. The molecule has 6 rings (SSSR count). The molecule has 0 aromatic carbocycles. The quantitative estimate of drug-likeness (QED) is 0.0201. The van der Waals surface area contributed by atoms with Crippen LogP contribution in [0.5, 0.6) is 0 Å². The SMILES string of the molecule is CC(=O)NC1C(OCCCCC(=O)NCCCCCC(=O)N2C[C@H](O)C[C@H]2COP(=O)([O-])O[C@@H]2C[C@@H](COP(=O)([O-])O[C@@H]3C[C@@H](COP(=O)([O-])OC(C)C)N(C(=O)CCCCCNC(=O)CCCCOC4OC(CO)C(O)C(O)C4NC(C)=O)C3)N(C(=O)CCCCCNC(=O)CCCCOC3OC(CO)C(O)C(O)C3NC(C)=O)C2)OC(CO)C(O)C1O. The highest BCUT2D eigenvalue weighted by Crippen LogP contribution is 2.47. The normalized spacial score (nSPS) is 29.8. The molecule has 0 bridgehead atoms. The minimum absolute atomic E-state index is 0.00414. The lowest BCUT2D eigenvalue weighted by Crippen LogP contribution is -2.64. The Morgan fingerprint density at radius 2 is 0.685 bits per heavy atom. The fourth-order valence-corrected chi connectivity index (χ4v) is 17.9. The topological polar surface area (TPSA) is 669 Å². The first kappa shape index (κ1) is 108. The Kier molecular flexibility index (Phi) is 47.4. The van der Waals surface area contributed by atoms with Crippen molar-refractivity contribution in [3.05, 3.63) is 0 Å². The molecule has 46 nitrogen and oxygen atoms in total. The summed E-state index contributed by atoms with van der Waals surface area (Å²) in [5, 5.41) is 117. The number of amides is 9. The molecule has 6 fully saturated rings. The smallest absolute Gasteiger partial charge is 0.268 e. The maximum absolute atomic E-state index is 14.1. The molecule has 6 aliphatic rings. The molecule has 9 amide bonds. The highest BCUT2D eigenvalue weighted by Gasteiger charge is 2.49. The summed E-state index contributed by atoms with van der Waals surface area (Å²) < 4.78 is 106. The summed E-state index contributed by atoms with van der Waals surface area (Å²) >= 11 is 0. The summed E-state index contributed by atoms with van der Waals surface area (Å²) in [7, 11) is -15.7. The number of phosphoric ester groups is 3. The van der Waals surface area contributed by atoms with Crippen molar-refractivity contribution in [3.63, 3.8) is 0 Å². The summed E-state index contributed by atoms with van der Waals surface area (Å²) in [6.45, 7) is 2.52. The molecular formula is C75H131N9O37P3-3. The highest BCUT2D eigenvalue weighted by molar-refractivity contribution is 7.46. The van der Waals surface area contributed by atoms with Gasteiger partial charge in [-0.3, -0.25) is 56.8 Å². The summed E-state index contributed by atoms with van der Waals surface area (Å²) in [6.07, 6.45) is -15.3. The average Bonchev–Trinajstić information content (AvgIpc) is 1.55. The number of phosphoric acid groups is 3. The van der Waals surface area contributed by atoms with E-state index in [9.17, 15) is 123 Å². The molecule has 0 aromatic rings. The monoisotopic (exact) mass is 1840 g/mol. The van der Waals surface area contributed by atoms with Crippen LogP contribution < -0.4 is 46.6 Å². The van der Waals surface area contributed by atoms with Crippen LogP contribution >= 0.6 is 23.5 Å². The second-order valence-corrected chi connectivity index (χ2v) is 36.2. The van der Waals surface area contributed by atoms with Crippen molar-refractivity contribution < 1.29 is 178 Å². The number of likely N-dealkylation sites (tertiary alicyclic amines) is 3. The molecule has 6 saturated heterocycles. The maximum atomic E-state index is 14.1. The summed E-state index contributed by atoms with van der Waals surface area (Å²) in [6, 6.07) is -6.54. The summed E-state index contributed by atoms with van der Waals surface area (Å²) in [5.74, 6) is -3.88. The number of β-amino-alcohol motifs (C(OH)–C–C–N with tert-alkyl or cyclic N) is 1. The van der Waals surface area contributed by atoms with Crippen molar-refractivity contribution >= 4 is 76.6 Å².